The minimum absolute atomic E-state index is 0.122. The first-order valence-corrected chi connectivity index (χ1v) is 10.8. The lowest BCUT2D eigenvalue weighted by atomic mass is 9.88. The molecule has 0 radical (unpaired) electrons. The molecule has 0 saturated heterocycles. The van der Waals surface area contributed by atoms with Gasteiger partial charge in [-0.2, -0.15) is 0 Å². The van der Waals surface area contributed by atoms with Crippen molar-refractivity contribution in [1.29, 1.82) is 0 Å². The highest BCUT2D eigenvalue weighted by atomic mass is 16.6. The molecule has 1 aliphatic carbocycles. The minimum Gasteiger partial charge on any atom is -0.496 e. The summed E-state index contributed by atoms with van der Waals surface area (Å²) < 4.78 is 17.1. The Bertz CT molecular complexity index is 1290. The van der Waals surface area contributed by atoms with E-state index in [-0.39, 0.29) is 40.6 Å². The molecule has 3 rings (SSSR count). The van der Waals surface area contributed by atoms with Crippen LogP contribution in [0.25, 0.3) is 0 Å². The monoisotopic (exact) mass is 495 g/mol. The van der Waals surface area contributed by atoms with Gasteiger partial charge in [-0.1, -0.05) is 22.0 Å². The van der Waals surface area contributed by atoms with Gasteiger partial charge in [-0.3, -0.25) is 10.1 Å². The zero-order valence-corrected chi connectivity index (χ0v) is 20.1. The van der Waals surface area contributed by atoms with E-state index in [0.717, 1.165) is 5.57 Å². The number of carbonyl (C=O) groups excluding carboxylic acids is 1. The molecule has 11 nitrogen and oxygen atoms in total. The third-order valence-corrected chi connectivity index (χ3v) is 5.47. The van der Waals surface area contributed by atoms with Crippen molar-refractivity contribution in [3.63, 3.8) is 0 Å². The molecule has 2 aromatic rings. The summed E-state index contributed by atoms with van der Waals surface area (Å²) >= 11 is 0. The zero-order chi connectivity index (χ0) is 26.4. The number of esters is 1. The van der Waals surface area contributed by atoms with E-state index in [4.69, 9.17) is 14.2 Å². The lowest BCUT2D eigenvalue weighted by molar-refractivity contribution is -0.384. The lowest BCUT2D eigenvalue weighted by Gasteiger charge is -2.26. The second-order valence-corrected chi connectivity index (χ2v) is 7.97. The average molecular weight is 495 g/mol. The highest BCUT2D eigenvalue weighted by Gasteiger charge is 2.32. The largest absolute Gasteiger partial charge is 0.496 e. The Morgan fingerprint density at radius 2 is 1.67 bits per heavy atom. The van der Waals surface area contributed by atoms with Crippen molar-refractivity contribution in [2.24, 2.45) is 10.3 Å². The Hall–Kier alpha value is -4.67. The van der Waals surface area contributed by atoms with Gasteiger partial charge < -0.3 is 24.6 Å². The first-order chi connectivity index (χ1) is 17.2. The van der Waals surface area contributed by atoms with Crippen molar-refractivity contribution in [2.75, 3.05) is 14.2 Å². The van der Waals surface area contributed by atoms with Gasteiger partial charge in [0, 0.05) is 24.1 Å². The summed E-state index contributed by atoms with van der Waals surface area (Å²) in [4.78, 5) is 23.4. The number of ether oxygens (including phenoxy) is 3. The highest BCUT2D eigenvalue weighted by Crippen LogP contribution is 2.42. The predicted octanol–water partition coefficient (Wildman–Crippen LogP) is 4.79. The number of nitro groups is 1. The number of hydrogen-bond acceptors (Lipinski definition) is 10. The van der Waals surface area contributed by atoms with E-state index in [2.05, 4.69) is 10.3 Å². The molecule has 0 heterocycles. The van der Waals surface area contributed by atoms with Crippen LogP contribution in [0.5, 0.6) is 11.5 Å². The first kappa shape index (κ1) is 25.9. The maximum atomic E-state index is 13.0. The normalized spacial score (nSPS) is 15.2. The molecule has 2 aromatic carbocycles. The molecule has 0 aliphatic heterocycles. The fraction of sp³-hybridized carbons (Fsp3) is 0.240. The van der Waals surface area contributed by atoms with Crippen LogP contribution in [0.4, 0.5) is 5.69 Å². The smallest absolute Gasteiger partial charge is 0.338 e. The Morgan fingerprint density at radius 3 is 2.17 bits per heavy atom. The van der Waals surface area contributed by atoms with Gasteiger partial charge in [0.05, 0.1) is 35.8 Å². The van der Waals surface area contributed by atoms with E-state index in [1.165, 1.54) is 50.6 Å². The Balaban J connectivity index is 2.16. The number of nitro benzene ring substituents is 1. The number of hydrogen-bond donors (Lipinski definition) is 2. The lowest BCUT2D eigenvalue weighted by Crippen LogP contribution is -2.20. The molecular formula is C25H25N3O8. The van der Waals surface area contributed by atoms with Crippen molar-refractivity contribution in [2.45, 2.75) is 26.4 Å². The fourth-order valence-corrected chi connectivity index (χ4v) is 3.77. The van der Waals surface area contributed by atoms with E-state index in [1.807, 2.05) is 19.9 Å². The van der Waals surface area contributed by atoms with E-state index in [0.29, 0.717) is 16.7 Å². The molecule has 0 unspecified atom stereocenters. The quantitative estimate of drug-likeness (QED) is 0.174. The van der Waals surface area contributed by atoms with Crippen molar-refractivity contribution in [1.82, 2.24) is 0 Å². The van der Waals surface area contributed by atoms with Gasteiger partial charge in [-0.25, -0.2) is 4.79 Å². The number of rotatable bonds is 8. The van der Waals surface area contributed by atoms with Gasteiger partial charge in [0.25, 0.3) is 5.69 Å². The molecule has 1 atom stereocenters. The van der Waals surface area contributed by atoms with Gasteiger partial charge >= 0.3 is 5.97 Å². The van der Waals surface area contributed by atoms with E-state index in [9.17, 15) is 25.3 Å². The Morgan fingerprint density at radius 1 is 1.06 bits per heavy atom. The minimum atomic E-state index is -0.878. The number of non-ortho nitro benzene ring substituents is 1. The maximum Gasteiger partial charge on any atom is 0.338 e. The van der Waals surface area contributed by atoms with Gasteiger partial charge in [0.2, 0.25) is 0 Å². The van der Waals surface area contributed by atoms with Crippen molar-refractivity contribution < 1.29 is 34.3 Å². The van der Waals surface area contributed by atoms with Crippen LogP contribution in [0.15, 0.2) is 64.4 Å². The summed E-state index contributed by atoms with van der Waals surface area (Å²) in [7, 11) is 2.83. The molecule has 0 fully saturated rings. The molecule has 0 bridgehead atoms. The molecule has 0 amide bonds. The Labute approximate surface area is 206 Å². The summed E-state index contributed by atoms with van der Waals surface area (Å²) in [6, 6.07) is 6.67. The number of nitrogens with zero attached hydrogens (tertiary/aromatic N) is 3. The van der Waals surface area contributed by atoms with Crippen LogP contribution in [0, 0.1) is 10.1 Å². The van der Waals surface area contributed by atoms with Crippen molar-refractivity contribution in [3.8, 4) is 11.5 Å². The number of benzene rings is 2. The fourth-order valence-electron chi connectivity index (χ4n) is 3.77. The van der Waals surface area contributed by atoms with E-state index >= 15 is 0 Å². The number of oxime groups is 2. The summed E-state index contributed by atoms with van der Waals surface area (Å²) in [6.45, 7) is 3.79. The molecule has 36 heavy (non-hydrogen) atoms. The standard InChI is InChI=1S/C25H25N3O8/c1-14(2)5-12-20(36-25(29)15-6-8-16(9-7-15)28(32)33)17-13-21(34-3)22-18(26-30)10-11-19(27-31)23(22)24(17)35-4/h5-11,13,20,30-31H,12H2,1-4H3/t20-/m0/s1. The number of fused-ring (bicyclic) bond motifs is 1. The van der Waals surface area contributed by atoms with Crippen LogP contribution in [0.1, 0.15) is 53.4 Å². The summed E-state index contributed by atoms with van der Waals surface area (Å²) in [6.07, 6.45) is 4.16. The molecule has 0 spiro atoms. The zero-order valence-electron chi connectivity index (χ0n) is 20.1. The molecule has 2 N–H and O–H groups in total. The number of methoxy groups -OCH3 is 2. The first-order valence-electron chi connectivity index (χ1n) is 10.8. The van der Waals surface area contributed by atoms with Crippen LogP contribution < -0.4 is 9.47 Å². The second-order valence-electron chi connectivity index (χ2n) is 7.97. The number of allylic oxidation sites excluding steroid dienone is 3. The SMILES string of the molecule is COc1cc([C@H](CC=C(C)C)OC(=O)c2ccc([N+](=O)[O-])cc2)c(OC)c2c1C(=NO)C=CC2=NO. The third kappa shape index (κ3) is 5.19. The number of carbonyl (C=O) groups is 1. The van der Waals surface area contributed by atoms with Crippen LogP contribution >= 0.6 is 0 Å². The van der Waals surface area contributed by atoms with Crippen LogP contribution in [0.2, 0.25) is 0 Å². The van der Waals surface area contributed by atoms with Crippen molar-refractivity contribution >= 4 is 23.1 Å². The van der Waals surface area contributed by atoms with E-state index in [1.54, 1.807) is 6.07 Å². The summed E-state index contributed by atoms with van der Waals surface area (Å²) in [5.41, 5.74) is 2.26. The van der Waals surface area contributed by atoms with Gasteiger partial charge in [0.1, 0.15) is 29.0 Å². The second kappa shape index (κ2) is 11.2. The summed E-state index contributed by atoms with van der Waals surface area (Å²) in [5.74, 6) is -0.204. The maximum absolute atomic E-state index is 13.0. The van der Waals surface area contributed by atoms with E-state index < -0.39 is 17.0 Å². The molecule has 1 aliphatic rings. The molecule has 188 valence electrons. The Kier molecular flexibility index (Phi) is 8.05. The molecule has 0 aromatic heterocycles. The molecule has 11 heteroatoms. The predicted molar refractivity (Wildman–Crippen MR) is 131 cm³/mol. The van der Waals surface area contributed by atoms with Gasteiger partial charge in [-0.05, 0) is 44.2 Å². The molecule has 0 saturated carbocycles. The highest BCUT2D eigenvalue weighted by molar-refractivity contribution is 6.27. The van der Waals surface area contributed by atoms with Crippen LogP contribution in [-0.2, 0) is 4.74 Å². The molecular weight excluding hydrogens is 470 g/mol. The van der Waals surface area contributed by atoms with Crippen molar-refractivity contribution in [3.05, 3.63) is 86.5 Å². The van der Waals surface area contributed by atoms with Gasteiger partial charge in [-0.15, -0.1) is 0 Å². The summed E-state index contributed by atoms with van der Waals surface area (Å²) in [5, 5.41) is 36.7. The van der Waals surface area contributed by atoms with Crippen LogP contribution in [-0.4, -0.2) is 47.0 Å². The van der Waals surface area contributed by atoms with Gasteiger partial charge in [0.15, 0.2) is 0 Å². The third-order valence-electron chi connectivity index (χ3n) is 5.47. The average Bonchev–Trinajstić information content (AvgIpc) is 2.89. The topological polar surface area (TPSA) is 153 Å². The van der Waals surface area contributed by atoms with Crippen LogP contribution in [0.3, 0.4) is 0 Å².